The molecule has 0 aromatic heterocycles. The highest BCUT2D eigenvalue weighted by Gasteiger charge is 2.35. The average molecular weight is 228 g/mol. The third-order valence-corrected chi connectivity index (χ3v) is 3.56. The van der Waals surface area contributed by atoms with Gasteiger partial charge in [-0.25, -0.2) is 0 Å². The normalized spacial score (nSPS) is 10.9. The highest BCUT2D eigenvalue weighted by Crippen LogP contribution is 2.33. The molecule has 0 amide bonds. The minimum absolute atomic E-state index is 0.270. The summed E-state index contributed by atoms with van der Waals surface area (Å²) in [6, 6.07) is 10.0. The van der Waals surface area contributed by atoms with Crippen LogP contribution in [-0.2, 0) is 10.2 Å². The maximum Gasteiger partial charge on any atom is 0.144 e. The van der Waals surface area contributed by atoms with Gasteiger partial charge in [-0.05, 0) is 18.4 Å². The highest BCUT2D eigenvalue weighted by atomic mass is 16.1. The van der Waals surface area contributed by atoms with E-state index in [1.54, 1.807) is 0 Å². The number of hydrogen-bond acceptors (Lipinski definition) is 1. The van der Waals surface area contributed by atoms with Gasteiger partial charge in [0.25, 0.3) is 0 Å². The van der Waals surface area contributed by atoms with Gasteiger partial charge in [0.2, 0.25) is 0 Å². The average Bonchev–Trinajstić information content (AvgIpc) is 2.39. The van der Waals surface area contributed by atoms with Crippen LogP contribution in [0.25, 0.3) is 0 Å². The van der Waals surface area contributed by atoms with Crippen molar-refractivity contribution >= 4 is 5.78 Å². The molecule has 0 spiro atoms. The Bertz CT molecular complexity index is 393. The van der Waals surface area contributed by atoms with Gasteiger partial charge >= 0.3 is 0 Å². The van der Waals surface area contributed by atoms with Crippen LogP contribution in [0, 0.1) is 12.3 Å². The van der Waals surface area contributed by atoms with Gasteiger partial charge in [0, 0.05) is 12.8 Å². The Morgan fingerprint density at radius 2 is 1.82 bits per heavy atom. The minimum atomic E-state index is -0.349. The molecule has 0 N–H and O–H groups in total. The number of Topliss-reactive ketones (excluding diaryl/α,β-unsaturated/α-hetero) is 1. The second kappa shape index (κ2) is 6.25. The molecule has 0 aliphatic rings. The van der Waals surface area contributed by atoms with Crippen molar-refractivity contribution in [2.45, 2.75) is 44.9 Å². The Kier molecular flexibility index (Phi) is 4.97. The van der Waals surface area contributed by atoms with E-state index in [1.807, 2.05) is 30.3 Å². The van der Waals surface area contributed by atoms with E-state index >= 15 is 0 Å². The molecule has 1 aromatic carbocycles. The quantitative estimate of drug-likeness (QED) is 0.678. The summed E-state index contributed by atoms with van der Waals surface area (Å²) in [5.41, 5.74) is 0.769. The molecule has 1 aromatic rings. The predicted octanol–water partition coefficient (Wildman–Crippen LogP) is 3.73. The van der Waals surface area contributed by atoms with Crippen LogP contribution >= 0.6 is 0 Å². The van der Waals surface area contributed by atoms with Crippen LogP contribution in [0.5, 0.6) is 0 Å². The summed E-state index contributed by atoms with van der Waals surface area (Å²) < 4.78 is 0. The molecule has 0 saturated heterocycles. The third kappa shape index (κ3) is 2.77. The van der Waals surface area contributed by atoms with Crippen molar-refractivity contribution in [3.8, 4) is 12.3 Å². The molecule has 0 heterocycles. The summed E-state index contributed by atoms with van der Waals surface area (Å²) >= 11 is 0. The van der Waals surface area contributed by atoms with E-state index in [4.69, 9.17) is 6.42 Å². The van der Waals surface area contributed by atoms with Crippen molar-refractivity contribution in [1.82, 2.24) is 0 Å². The highest BCUT2D eigenvalue weighted by molar-refractivity contribution is 5.90. The van der Waals surface area contributed by atoms with Crippen molar-refractivity contribution in [2.24, 2.45) is 0 Å². The molecule has 1 rings (SSSR count). The van der Waals surface area contributed by atoms with Crippen LogP contribution in [-0.4, -0.2) is 5.78 Å². The summed E-state index contributed by atoms with van der Waals surface area (Å²) in [6.07, 6.45) is 7.91. The van der Waals surface area contributed by atoms with Gasteiger partial charge in [-0.15, -0.1) is 12.3 Å². The lowest BCUT2D eigenvalue weighted by Crippen LogP contribution is -2.34. The zero-order valence-corrected chi connectivity index (χ0v) is 10.7. The Hall–Kier alpha value is -1.55. The molecule has 1 heteroatoms. The van der Waals surface area contributed by atoms with Crippen molar-refractivity contribution in [3.05, 3.63) is 35.9 Å². The number of carbonyl (C=O) groups is 1. The molecule has 0 atom stereocenters. The van der Waals surface area contributed by atoms with Crippen LogP contribution in [0.3, 0.4) is 0 Å². The van der Waals surface area contributed by atoms with Crippen LogP contribution < -0.4 is 0 Å². The Balaban J connectivity index is 3.06. The molecule has 0 unspecified atom stereocenters. The van der Waals surface area contributed by atoms with Gasteiger partial charge in [0.1, 0.15) is 5.78 Å². The summed E-state index contributed by atoms with van der Waals surface area (Å²) in [6.45, 7) is 4.15. The van der Waals surface area contributed by atoms with Gasteiger partial charge in [-0.3, -0.25) is 4.79 Å². The largest absolute Gasteiger partial charge is 0.299 e. The number of ketones is 1. The fourth-order valence-electron chi connectivity index (χ4n) is 2.40. The van der Waals surface area contributed by atoms with E-state index in [9.17, 15) is 4.79 Å². The van der Waals surface area contributed by atoms with E-state index in [1.165, 1.54) is 0 Å². The molecular formula is C16H20O. The molecule has 90 valence electrons. The summed E-state index contributed by atoms with van der Waals surface area (Å²) in [4.78, 5) is 12.4. The Labute approximate surface area is 104 Å². The van der Waals surface area contributed by atoms with E-state index in [-0.39, 0.29) is 11.2 Å². The van der Waals surface area contributed by atoms with Crippen molar-refractivity contribution in [3.63, 3.8) is 0 Å². The zero-order valence-electron chi connectivity index (χ0n) is 10.7. The summed E-state index contributed by atoms with van der Waals surface area (Å²) in [5, 5.41) is 0. The molecule has 1 nitrogen and oxygen atoms in total. The molecule has 0 radical (unpaired) electrons. The van der Waals surface area contributed by atoms with Crippen molar-refractivity contribution < 1.29 is 4.79 Å². The zero-order chi connectivity index (χ0) is 12.7. The first-order chi connectivity index (χ1) is 8.21. The number of rotatable bonds is 6. The number of terminal acetylenes is 1. The van der Waals surface area contributed by atoms with E-state index in [0.717, 1.165) is 18.4 Å². The van der Waals surface area contributed by atoms with Gasteiger partial charge in [-0.1, -0.05) is 44.2 Å². The molecule has 0 fully saturated rings. The second-order valence-corrected chi connectivity index (χ2v) is 4.28. The smallest absolute Gasteiger partial charge is 0.144 e. The molecule has 0 saturated carbocycles. The Morgan fingerprint density at radius 1 is 1.24 bits per heavy atom. The number of benzene rings is 1. The maximum atomic E-state index is 12.4. The lowest BCUT2D eigenvalue weighted by atomic mass is 9.71. The number of hydrogen-bond donors (Lipinski definition) is 0. The fraction of sp³-hybridized carbons (Fsp3) is 0.438. The first-order valence-electron chi connectivity index (χ1n) is 6.23. The molecular weight excluding hydrogens is 208 g/mol. The lowest BCUT2D eigenvalue weighted by Gasteiger charge is -2.30. The first-order valence-corrected chi connectivity index (χ1v) is 6.23. The molecule has 0 aliphatic heterocycles. The van der Waals surface area contributed by atoms with Crippen LogP contribution in [0.4, 0.5) is 0 Å². The Morgan fingerprint density at radius 3 is 2.29 bits per heavy atom. The monoisotopic (exact) mass is 228 g/mol. The summed E-state index contributed by atoms with van der Waals surface area (Å²) in [5.74, 6) is 2.82. The second-order valence-electron chi connectivity index (χ2n) is 4.28. The van der Waals surface area contributed by atoms with Crippen LogP contribution in [0.15, 0.2) is 30.3 Å². The topological polar surface area (TPSA) is 17.1 Å². The maximum absolute atomic E-state index is 12.4. The minimum Gasteiger partial charge on any atom is -0.299 e. The van der Waals surface area contributed by atoms with Crippen molar-refractivity contribution in [1.29, 1.82) is 0 Å². The fourth-order valence-corrected chi connectivity index (χ4v) is 2.40. The van der Waals surface area contributed by atoms with E-state index < -0.39 is 0 Å². The van der Waals surface area contributed by atoms with Gasteiger partial charge < -0.3 is 0 Å². The van der Waals surface area contributed by atoms with Crippen LogP contribution in [0.2, 0.25) is 0 Å². The molecule has 17 heavy (non-hydrogen) atoms. The van der Waals surface area contributed by atoms with Gasteiger partial charge in [0.05, 0.1) is 5.41 Å². The first kappa shape index (κ1) is 13.5. The van der Waals surface area contributed by atoms with Crippen molar-refractivity contribution in [2.75, 3.05) is 0 Å². The van der Waals surface area contributed by atoms with E-state index in [2.05, 4.69) is 19.8 Å². The van der Waals surface area contributed by atoms with E-state index in [0.29, 0.717) is 12.8 Å². The third-order valence-electron chi connectivity index (χ3n) is 3.56. The standard InChI is InChI=1S/C16H20O/c1-4-7-13-15(17)16(5-2,6-3)14-11-9-8-10-12-14/h1,8-12H,5-7,13H2,2-3H3. The lowest BCUT2D eigenvalue weighted by molar-refractivity contribution is -0.124. The number of carbonyl (C=O) groups excluding carboxylic acids is 1. The van der Waals surface area contributed by atoms with Gasteiger partial charge in [-0.2, -0.15) is 0 Å². The summed E-state index contributed by atoms with van der Waals surface area (Å²) in [7, 11) is 0. The van der Waals surface area contributed by atoms with Gasteiger partial charge in [0.15, 0.2) is 0 Å². The van der Waals surface area contributed by atoms with Crippen LogP contribution in [0.1, 0.15) is 45.1 Å². The predicted molar refractivity (Wildman–Crippen MR) is 71.8 cm³/mol. The molecule has 0 bridgehead atoms. The molecule has 0 aliphatic carbocycles. The SMILES string of the molecule is C#CCCC(=O)C(CC)(CC)c1ccccc1.